The van der Waals surface area contributed by atoms with Crippen molar-refractivity contribution >= 4 is 17.5 Å². The highest BCUT2D eigenvalue weighted by Gasteiger charge is 2.34. The third-order valence-electron chi connectivity index (χ3n) is 4.64. The fraction of sp³-hybridized carbons (Fsp3) is 0.286. The second-order valence-corrected chi connectivity index (χ2v) is 6.50. The van der Waals surface area contributed by atoms with E-state index in [0.29, 0.717) is 24.1 Å². The highest BCUT2D eigenvalue weighted by Crippen LogP contribution is 2.33. The first-order valence-electron chi connectivity index (χ1n) is 8.94. The zero-order valence-corrected chi connectivity index (χ0v) is 15.4. The van der Waals surface area contributed by atoms with Gasteiger partial charge in [0.15, 0.2) is 0 Å². The molecule has 0 bridgehead atoms. The molecule has 1 atom stereocenters. The lowest BCUT2D eigenvalue weighted by Crippen LogP contribution is -2.38. The maximum Gasteiger partial charge on any atom is 0.262 e. The smallest absolute Gasteiger partial charge is 0.262 e. The van der Waals surface area contributed by atoms with E-state index in [4.69, 9.17) is 0 Å². The molecule has 5 nitrogen and oxygen atoms in total. The van der Waals surface area contributed by atoms with Gasteiger partial charge in [-0.1, -0.05) is 55.5 Å². The second kappa shape index (κ2) is 8.12. The van der Waals surface area contributed by atoms with E-state index in [1.54, 1.807) is 32.2 Å². The van der Waals surface area contributed by atoms with Crippen LogP contribution in [0.25, 0.3) is 0 Å². The van der Waals surface area contributed by atoms with E-state index in [-0.39, 0.29) is 30.2 Å². The van der Waals surface area contributed by atoms with Crippen LogP contribution in [0, 0.1) is 5.82 Å². The van der Waals surface area contributed by atoms with E-state index in [1.165, 1.54) is 16.0 Å². The van der Waals surface area contributed by atoms with E-state index in [1.807, 2.05) is 30.3 Å². The number of rotatable bonds is 5. The Labute approximate surface area is 158 Å². The molecular formula is C21H22FN3O2. The Morgan fingerprint density at radius 2 is 1.81 bits per heavy atom. The van der Waals surface area contributed by atoms with Crippen LogP contribution < -0.4 is 0 Å². The van der Waals surface area contributed by atoms with Crippen LogP contribution >= 0.6 is 0 Å². The Morgan fingerprint density at radius 1 is 1.15 bits per heavy atom. The van der Waals surface area contributed by atoms with Crippen molar-refractivity contribution in [1.82, 2.24) is 9.91 Å². The SMILES string of the molecule is CCC(=O)N(C)CC(=O)N1N=C(c2ccccc2F)CC1c1ccccc1. The Morgan fingerprint density at radius 3 is 2.48 bits per heavy atom. The zero-order valence-electron chi connectivity index (χ0n) is 15.4. The van der Waals surface area contributed by atoms with Gasteiger partial charge in [0.1, 0.15) is 12.4 Å². The molecule has 0 saturated carbocycles. The summed E-state index contributed by atoms with van der Waals surface area (Å²) in [6.07, 6.45) is 0.748. The minimum atomic E-state index is -0.365. The van der Waals surface area contributed by atoms with E-state index in [0.717, 1.165) is 5.56 Å². The van der Waals surface area contributed by atoms with Gasteiger partial charge in [-0.25, -0.2) is 9.40 Å². The molecule has 2 aromatic carbocycles. The number of carbonyl (C=O) groups is 2. The van der Waals surface area contributed by atoms with Crippen LogP contribution in [0.1, 0.15) is 36.9 Å². The van der Waals surface area contributed by atoms with Crippen LogP contribution in [0.4, 0.5) is 4.39 Å². The number of amides is 2. The lowest BCUT2D eigenvalue weighted by atomic mass is 9.98. The molecule has 0 radical (unpaired) electrons. The molecule has 1 aliphatic rings. The van der Waals surface area contributed by atoms with Crippen LogP contribution in [0.3, 0.4) is 0 Å². The highest BCUT2D eigenvalue weighted by atomic mass is 19.1. The van der Waals surface area contributed by atoms with Crippen molar-refractivity contribution < 1.29 is 14.0 Å². The van der Waals surface area contributed by atoms with Crippen LogP contribution in [0.5, 0.6) is 0 Å². The monoisotopic (exact) mass is 367 g/mol. The number of nitrogens with zero attached hydrogens (tertiary/aromatic N) is 3. The van der Waals surface area contributed by atoms with Crippen molar-refractivity contribution in [3.05, 3.63) is 71.5 Å². The molecule has 2 amide bonds. The molecule has 1 aliphatic heterocycles. The summed E-state index contributed by atoms with van der Waals surface area (Å²) in [5.41, 5.74) is 1.84. The highest BCUT2D eigenvalue weighted by molar-refractivity contribution is 6.03. The van der Waals surface area contributed by atoms with E-state index in [2.05, 4.69) is 5.10 Å². The number of hydrazone groups is 1. The number of benzene rings is 2. The van der Waals surface area contributed by atoms with Gasteiger partial charge in [0.25, 0.3) is 5.91 Å². The van der Waals surface area contributed by atoms with Crippen LogP contribution in [-0.2, 0) is 9.59 Å². The summed E-state index contributed by atoms with van der Waals surface area (Å²) >= 11 is 0. The van der Waals surface area contributed by atoms with Crippen molar-refractivity contribution in [3.63, 3.8) is 0 Å². The van der Waals surface area contributed by atoms with E-state index >= 15 is 0 Å². The van der Waals surface area contributed by atoms with Crippen molar-refractivity contribution in [2.24, 2.45) is 5.10 Å². The molecule has 0 saturated heterocycles. The van der Waals surface area contributed by atoms with Gasteiger partial charge in [0, 0.05) is 25.5 Å². The number of halogens is 1. The van der Waals surface area contributed by atoms with Crippen LogP contribution in [0.15, 0.2) is 59.7 Å². The molecular weight excluding hydrogens is 345 g/mol. The number of likely N-dealkylation sites (N-methyl/N-ethyl adjacent to an activating group) is 1. The topological polar surface area (TPSA) is 53.0 Å². The lowest BCUT2D eigenvalue weighted by Gasteiger charge is -2.24. The normalized spacial score (nSPS) is 16.2. The van der Waals surface area contributed by atoms with E-state index in [9.17, 15) is 14.0 Å². The summed E-state index contributed by atoms with van der Waals surface area (Å²) in [6.45, 7) is 1.68. The van der Waals surface area contributed by atoms with Crippen molar-refractivity contribution in [2.45, 2.75) is 25.8 Å². The average Bonchev–Trinajstić information content (AvgIpc) is 3.13. The van der Waals surface area contributed by atoms with Gasteiger partial charge in [-0.2, -0.15) is 5.10 Å². The molecule has 0 fully saturated rings. The largest absolute Gasteiger partial charge is 0.336 e. The molecule has 3 rings (SSSR count). The minimum absolute atomic E-state index is 0.0654. The molecule has 2 aromatic rings. The third-order valence-corrected chi connectivity index (χ3v) is 4.64. The molecule has 0 spiro atoms. The first-order chi connectivity index (χ1) is 13.0. The Kier molecular flexibility index (Phi) is 5.64. The summed E-state index contributed by atoms with van der Waals surface area (Å²) in [4.78, 5) is 26.1. The molecule has 140 valence electrons. The number of hydrogen-bond acceptors (Lipinski definition) is 3. The maximum atomic E-state index is 14.2. The molecule has 0 aliphatic carbocycles. The fourth-order valence-electron chi connectivity index (χ4n) is 3.17. The Bertz CT molecular complexity index is 867. The minimum Gasteiger partial charge on any atom is -0.336 e. The third kappa shape index (κ3) is 4.05. The number of carbonyl (C=O) groups excluding carboxylic acids is 2. The standard InChI is InChI=1S/C21H22FN3O2/c1-3-20(26)24(2)14-21(27)25-19(15-9-5-4-6-10-15)13-18(23-25)16-11-7-8-12-17(16)22/h4-12,19H,3,13-14H2,1-2H3. The second-order valence-electron chi connectivity index (χ2n) is 6.50. The Balaban J connectivity index is 1.91. The zero-order chi connectivity index (χ0) is 19.4. The summed E-state index contributed by atoms with van der Waals surface area (Å²) in [7, 11) is 1.60. The van der Waals surface area contributed by atoms with Gasteiger partial charge in [-0.05, 0) is 11.6 Å². The average molecular weight is 367 g/mol. The molecule has 27 heavy (non-hydrogen) atoms. The Hall–Kier alpha value is -3.02. The maximum absolute atomic E-state index is 14.2. The van der Waals surface area contributed by atoms with E-state index < -0.39 is 0 Å². The summed E-state index contributed by atoms with van der Waals surface area (Å²) in [5, 5.41) is 5.82. The van der Waals surface area contributed by atoms with Gasteiger partial charge in [0.2, 0.25) is 5.91 Å². The van der Waals surface area contributed by atoms with Gasteiger partial charge < -0.3 is 4.90 Å². The summed E-state index contributed by atoms with van der Waals surface area (Å²) in [5.74, 6) is -0.771. The molecule has 6 heteroatoms. The van der Waals surface area contributed by atoms with Crippen molar-refractivity contribution in [2.75, 3.05) is 13.6 Å². The first-order valence-corrected chi connectivity index (χ1v) is 8.94. The lowest BCUT2D eigenvalue weighted by molar-refractivity contribution is -0.140. The van der Waals surface area contributed by atoms with Gasteiger partial charge in [-0.15, -0.1) is 0 Å². The van der Waals surface area contributed by atoms with Gasteiger partial charge in [-0.3, -0.25) is 9.59 Å². The van der Waals surface area contributed by atoms with Crippen LogP contribution in [-0.4, -0.2) is 41.0 Å². The van der Waals surface area contributed by atoms with Crippen molar-refractivity contribution in [1.29, 1.82) is 0 Å². The number of hydrogen-bond donors (Lipinski definition) is 0. The predicted molar refractivity (Wildman–Crippen MR) is 102 cm³/mol. The predicted octanol–water partition coefficient (Wildman–Crippen LogP) is 3.37. The molecule has 0 N–H and O–H groups in total. The van der Waals surface area contributed by atoms with Crippen LogP contribution in [0.2, 0.25) is 0 Å². The fourth-order valence-corrected chi connectivity index (χ4v) is 3.17. The quantitative estimate of drug-likeness (QED) is 0.814. The summed E-state index contributed by atoms with van der Waals surface area (Å²) < 4.78 is 14.2. The van der Waals surface area contributed by atoms with Crippen molar-refractivity contribution in [3.8, 4) is 0 Å². The van der Waals surface area contributed by atoms with Gasteiger partial charge >= 0.3 is 0 Å². The molecule has 0 aromatic heterocycles. The first kappa shape index (κ1) is 18.8. The molecule has 1 unspecified atom stereocenters. The molecule has 1 heterocycles. The van der Waals surface area contributed by atoms with Gasteiger partial charge in [0.05, 0.1) is 11.8 Å². The summed E-state index contributed by atoms with van der Waals surface area (Å²) in [6, 6.07) is 15.6.